The quantitative estimate of drug-likeness (QED) is 0.624. The first-order chi connectivity index (χ1) is 13.5. The second kappa shape index (κ2) is 7.38. The van der Waals surface area contributed by atoms with Gasteiger partial charge in [-0.05, 0) is 47.5 Å². The molecule has 1 aliphatic rings. The highest BCUT2D eigenvalue weighted by molar-refractivity contribution is 6.10. The van der Waals surface area contributed by atoms with Crippen molar-refractivity contribution in [2.75, 3.05) is 18.5 Å². The maximum absolute atomic E-state index is 12.8. The summed E-state index contributed by atoms with van der Waals surface area (Å²) in [4.78, 5) is 4.57. The molecule has 28 heavy (non-hydrogen) atoms. The molecule has 4 rings (SSSR count). The third-order valence-corrected chi connectivity index (χ3v) is 4.44. The van der Waals surface area contributed by atoms with Crippen LogP contribution in [-0.4, -0.2) is 19.0 Å². The van der Waals surface area contributed by atoms with Crippen molar-refractivity contribution in [3.8, 4) is 16.9 Å². The van der Waals surface area contributed by atoms with Crippen LogP contribution in [0.1, 0.15) is 11.1 Å². The Hall–Kier alpha value is -3.28. The van der Waals surface area contributed by atoms with E-state index in [1.165, 1.54) is 12.1 Å². The fourth-order valence-electron chi connectivity index (χ4n) is 3.04. The molecule has 142 valence electrons. The van der Waals surface area contributed by atoms with Crippen LogP contribution in [-0.2, 0) is 6.18 Å². The maximum atomic E-state index is 12.8. The fourth-order valence-corrected chi connectivity index (χ4v) is 3.04. The van der Waals surface area contributed by atoms with E-state index in [4.69, 9.17) is 4.74 Å². The SMILES string of the molecule is FC(F)(F)c1ccc(-c2ccc3c(c2)C(Nc2ccccc2)=NCCO3)cc1. The summed E-state index contributed by atoms with van der Waals surface area (Å²) >= 11 is 0. The molecule has 1 N–H and O–H groups in total. The molecule has 3 aromatic carbocycles. The lowest BCUT2D eigenvalue weighted by Gasteiger charge is -2.14. The van der Waals surface area contributed by atoms with Crippen LogP contribution >= 0.6 is 0 Å². The Bertz CT molecular complexity index is 997. The second-order valence-electron chi connectivity index (χ2n) is 6.36. The summed E-state index contributed by atoms with van der Waals surface area (Å²) in [6.45, 7) is 0.978. The molecule has 0 radical (unpaired) electrons. The molecule has 0 aliphatic carbocycles. The molecule has 0 bridgehead atoms. The zero-order chi connectivity index (χ0) is 19.6. The Labute approximate surface area is 160 Å². The van der Waals surface area contributed by atoms with Crippen LogP contribution in [0.25, 0.3) is 11.1 Å². The van der Waals surface area contributed by atoms with E-state index in [1.807, 2.05) is 48.5 Å². The van der Waals surface area contributed by atoms with Gasteiger partial charge in [0.25, 0.3) is 0 Å². The van der Waals surface area contributed by atoms with E-state index in [0.717, 1.165) is 28.9 Å². The number of ether oxygens (including phenoxy) is 1. The Morgan fingerprint density at radius 1 is 0.857 bits per heavy atom. The topological polar surface area (TPSA) is 33.6 Å². The molecule has 1 heterocycles. The van der Waals surface area contributed by atoms with Gasteiger partial charge in [0, 0.05) is 5.69 Å². The van der Waals surface area contributed by atoms with E-state index in [2.05, 4.69) is 10.3 Å². The van der Waals surface area contributed by atoms with E-state index >= 15 is 0 Å². The number of alkyl halides is 3. The van der Waals surface area contributed by atoms with Crippen molar-refractivity contribution in [2.24, 2.45) is 4.99 Å². The number of anilines is 1. The van der Waals surface area contributed by atoms with Crippen LogP contribution in [0.3, 0.4) is 0 Å². The minimum Gasteiger partial charge on any atom is -0.491 e. The Kier molecular flexibility index (Phi) is 4.77. The van der Waals surface area contributed by atoms with Gasteiger partial charge in [0.2, 0.25) is 0 Å². The van der Waals surface area contributed by atoms with Crippen LogP contribution in [0.15, 0.2) is 77.8 Å². The molecule has 0 saturated heterocycles. The Morgan fingerprint density at radius 3 is 2.29 bits per heavy atom. The van der Waals surface area contributed by atoms with Crippen molar-refractivity contribution in [1.82, 2.24) is 0 Å². The number of hydrogen-bond acceptors (Lipinski definition) is 3. The molecule has 0 fully saturated rings. The van der Waals surface area contributed by atoms with Crippen LogP contribution in [0.5, 0.6) is 5.75 Å². The Balaban J connectivity index is 1.69. The zero-order valence-corrected chi connectivity index (χ0v) is 14.8. The normalized spacial score (nSPS) is 13.8. The van der Waals surface area contributed by atoms with Crippen molar-refractivity contribution in [3.63, 3.8) is 0 Å². The number of aliphatic imine (C=N–C) groups is 1. The molecule has 1 aliphatic heterocycles. The van der Waals surface area contributed by atoms with E-state index in [1.54, 1.807) is 0 Å². The molecule has 0 saturated carbocycles. The maximum Gasteiger partial charge on any atom is 0.416 e. The summed E-state index contributed by atoms with van der Waals surface area (Å²) in [5, 5.41) is 3.31. The number of rotatable bonds is 2. The second-order valence-corrected chi connectivity index (χ2v) is 6.36. The van der Waals surface area contributed by atoms with Gasteiger partial charge in [0.05, 0.1) is 17.7 Å². The smallest absolute Gasteiger partial charge is 0.416 e. The van der Waals surface area contributed by atoms with Crippen molar-refractivity contribution < 1.29 is 17.9 Å². The fraction of sp³-hybridized carbons (Fsp3) is 0.136. The van der Waals surface area contributed by atoms with Crippen LogP contribution < -0.4 is 10.1 Å². The van der Waals surface area contributed by atoms with Crippen molar-refractivity contribution >= 4 is 11.5 Å². The summed E-state index contributed by atoms with van der Waals surface area (Å²) in [7, 11) is 0. The molecule has 0 spiro atoms. The van der Waals surface area contributed by atoms with Crippen LogP contribution in [0, 0.1) is 0 Å². The number of fused-ring (bicyclic) bond motifs is 1. The van der Waals surface area contributed by atoms with Gasteiger partial charge in [0.1, 0.15) is 18.2 Å². The zero-order valence-electron chi connectivity index (χ0n) is 14.8. The van der Waals surface area contributed by atoms with Crippen molar-refractivity contribution in [3.05, 3.63) is 83.9 Å². The molecule has 3 aromatic rings. The van der Waals surface area contributed by atoms with E-state index in [0.29, 0.717) is 30.3 Å². The van der Waals surface area contributed by atoms with Gasteiger partial charge in [0.15, 0.2) is 0 Å². The molecule has 0 aromatic heterocycles. The minimum atomic E-state index is -4.35. The predicted molar refractivity (Wildman–Crippen MR) is 104 cm³/mol. The minimum absolute atomic E-state index is 0.465. The summed E-state index contributed by atoms with van der Waals surface area (Å²) in [5.74, 6) is 1.36. The van der Waals surface area contributed by atoms with Gasteiger partial charge in [-0.25, -0.2) is 0 Å². The van der Waals surface area contributed by atoms with Gasteiger partial charge >= 0.3 is 6.18 Å². The summed E-state index contributed by atoms with van der Waals surface area (Å²) in [6.07, 6.45) is -4.35. The summed E-state index contributed by atoms with van der Waals surface area (Å²) < 4.78 is 44.2. The lowest BCUT2D eigenvalue weighted by molar-refractivity contribution is -0.137. The standard InChI is InChI=1S/C22H17F3N2O/c23-22(24,25)17-9-6-15(7-10-17)16-8-11-20-19(14-16)21(26-12-13-28-20)27-18-4-2-1-3-5-18/h1-11,14H,12-13H2,(H,26,27). The third kappa shape index (κ3) is 3.86. The highest BCUT2D eigenvalue weighted by Gasteiger charge is 2.30. The van der Waals surface area contributed by atoms with Crippen molar-refractivity contribution in [1.29, 1.82) is 0 Å². The molecular weight excluding hydrogens is 365 g/mol. The van der Waals surface area contributed by atoms with Gasteiger partial charge in [-0.15, -0.1) is 0 Å². The number of halogens is 3. The highest BCUT2D eigenvalue weighted by Crippen LogP contribution is 2.33. The summed E-state index contributed by atoms with van der Waals surface area (Å²) in [5.41, 5.74) is 2.50. The van der Waals surface area contributed by atoms with Gasteiger partial charge in [-0.2, -0.15) is 13.2 Å². The first kappa shape index (κ1) is 18.1. The predicted octanol–water partition coefficient (Wildman–Crippen LogP) is 5.62. The first-order valence-corrected chi connectivity index (χ1v) is 8.82. The average molecular weight is 382 g/mol. The van der Waals surface area contributed by atoms with E-state index in [9.17, 15) is 13.2 Å². The number of para-hydroxylation sites is 1. The molecule has 6 heteroatoms. The molecule has 0 unspecified atom stereocenters. The van der Waals surface area contributed by atoms with Gasteiger partial charge in [-0.1, -0.05) is 36.4 Å². The number of hydrogen-bond donors (Lipinski definition) is 1. The van der Waals surface area contributed by atoms with Gasteiger partial charge < -0.3 is 10.1 Å². The van der Waals surface area contributed by atoms with Gasteiger partial charge in [-0.3, -0.25) is 4.99 Å². The Morgan fingerprint density at radius 2 is 1.57 bits per heavy atom. The van der Waals surface area contributed by atoms with E-state index in [-0.39, 0.29) is 0 Å². The summed E-state index contributed by atoms with van der Waals surface area (Å²) in [6, 6.07) is 20.4. The number of amidine groups is 1. The lowest BCUT2D eigenvalue weighted by atomic mass is 10.0. The average Bonchev–Trinajstić information content (AvgIpc) is 2.90. The molecular formula is C22H17F3N2O. The van der Waals surface area contributed by atoms with Crippen LogP contribution in [0.2, 0.25) is 0 Å². The number of benzene rings is 3. The third-order valence-electron chi connectivity index (χ3n) is 4.44. The first-order valence-electron chi connectivity index (χ1n) is 8.82. The monoisotopic (exact) mass is 382 g/mol. The largest absolute Gasteiger partial charge is 0.491 e. The van der Waals surface area contributed by atoms with Crippen LogP contribution in [0.4, 0.5) is 18.9 Å². The van der Waals surface area contributed by atoms with E-state index < -0.39 is 11.7 Å². The lowest BCUT2D eigenvalue weighted by Crippen LogP contribution is -2.14. The highest BCUT2D eigenvalue weighted by atomic mass is 19.4. The number of nitrogens with zero attached hydrogens (tertiary/aromatic N) is 1. The molecule has 0 amide bonds. The molecule has 0 atom stereocenters. The van der Waals surface area contributed by atoms with Crippen molar-refractivity contribution in [2.45, 2.75) is 6.18 Å². The number of nitrogens with one attached hydrogen (secondary N) is 1. The molecule has 3 nitrogen and oxygen atoms in total.